The minimum Gasteiger partial charge on any atom is -0.367 e. The van der Waals surface area contributed by atoms with Crippen molar-refractivity contribution >= 4 is 41.4 Å². The van der Waals surface area contributed by atoms with Gasteiger partial charge in [0.1, 0.15) is 17.5 Å². The van der Waals surface area contributed by atoms with E-state index in [2.05, 4.69) is 30.5 Å². The second-order valence-corrected chi connectivity index (χ2v) is 6.06. The maximum atomic E-state index is 13.9. The minimum absolute atomic E-state index is 0. The van der Waals surface area contributed by atoms with Crippen LogP contribution in [0.5, 0.6) is 0 Å². The number of guanidine groups is 1. The van der Waals surface area contributed by atoms with Crippen LogP contribution in [-0.4, -0.2) is 67.1 Å². The van der Waals surface area contributed by atoms with E-state index in [4.69, 9.17) is 0 Å². The molecule has 1 aliphatic rings. The van der Waals surface area contributed by atoms with E-state index in [0.717, 1.165) is 17.8 Å². The fourth-order valence-electron chi connectivity index (χ4n) is 2.97. The molecular formula is C18H24F2IN7. The Labute approximate surface area is 180 Å². The lowest BCUT2D eigenvalue weighted by molar-refractivity contribution is 0.371. The fraction of sp³-hybridized carbons (Fsp3) is 0.389. The number of piperazine rings is 1. The van der Waals surface area contributed by atoms with Crippen molar-refractivity contribution in [2.24, 2.45) is 4.99 Å². The smallest absolute Gasteiger partial charge is 0.193 e. The molecule has 7 nitrogen and oxygen atoms in total. The summed E-state index contributed by atoms with van der Waals surface area (Å²) >= 11 is 0. The van der Waals surface area contributed by atoms with Gasteiger partial charge >= 0.3 is 0 Å². The van der Waals surface area contributed by atoms with Gasteiger partial charge in [-0.1, -0.05) is 0 Å². The van der Waals surface area contributed by atoms with Crippen molar-refractivity contribution in [3.63, 3.8) is 0 Å². The van der Waals surface area contributed by atoms with Crippen molar-refractivity contribution < 1.29 is 8.78 Å². The Morgan fingerprint density at radius 1 is 1.14 bits per heavy atom. The number of hydrogen-bond donors (Lipinski definition) is 2. The van der Waals surface area contributed by atoms with Gasteiger partial charge in [0.2, 0.25) is 0 Å². The number of halogens is 3. The van der Waals surface area contributed by atoms with E-state index >= 15 is 0 Å². The number of rotatable bonds is 5. The summed E-state index contributed by atoms with van der Waals surface area (Å²) in [5, 5.41) is 6.47. The van der Waals surface area contributed by atoms with E-state index in [0.29, 0.717) is 45.0 Å². The van der Waals surface area contributed by atoms with Gasteiger partial charge in [0.15, 0.2) is 5.96 Å². The molecule has 1 aromatic heterocycles. The third kappa shape index (κ3) is 5.88. The quantitative estimate of drug-likeness (QED) is 0.282. The average Bonchev–Trinajstić information content (AvgIpc) is 2.71. The molecule has 1 saturated heterocycles. The molecule has 1 aromatic carbocycles. The predicted molar refractivity (Wildman–Crippen MR) is 117 cm³/mol. The van der Waals surface area contributed by atoms with Crippen LogP contribution in [0.25, 0.3) is 0 Å². The average molecular weight is 503 g/mol. The van der Waals surface area contributed by atoms with Gasteiger partial charge in [-0.3, -0.25) is 9.98 Å². The first-order valence-corrected chi connectivity index (χ1v) is 8.83. The van der Waals surface area contributed by atoms with Crippen LogP contribution in [0.3, 0.4) is 0 Å². The number of nitrogens with one attached hydrogen (secondary N) is 2. The molecule has 2 heterocycles. The minimum atomic E-state index is -0.429. The van der Waals surface area contributed by atoms with Crippen LogP contribution in [0.4, 0.5) is 20.3 Å². The molecule has 0 aliphatic carbocycles. The maximum absolute atomic E-state index is 13.9. The lowest BCUT2D eigenvalue weighted by Gasteiger charge is -2.37. The summed E-state index contributed by atoms with van der Waals surface area (Å²) in [6, 6.07) is 3.55. The standard InChI is InChI=1S/C18H23F2N7.HI/c1-21-18(25-7-6-24-17-13-22-4-5-23-17)27-10-8-26(9-11-27)16-12-14(19)2-3-15(16)20;/h2-5,12-13H,6-11H2,1H3,(H,21,25)(H,23,24);1H. The van der Waals surface area contributed by atoms with Crippen LogP contribution in [0.15, 0.2) is 41.8 Å². The monoisotopic (exact) mass is 503 g/mol. The van der Waals surface area contributed by atoms with Crippen LogP contribution in [0.1, 0.15) is 0 Å². The second kappa shape index (κ2) is 10.9. The Morgan fingerprint density at radius 2 is 1.93 bits per heavy atom. The Morgan fingerprint density at radius 3 is 2.61 bits per heavy atom. The second-order valence-electron chi connectivity index (χ2n) is 6.06. The summed E-state index contributed by atoms with van der Waals surface area (Å²) in [7, 11) is 1.73. The predicted octanol–water partition coefficient (Wildman–Crippen LogP) is 2.18. The third-order valence-corrected chi connectivity index (χ3v) is 4.32. The molecule has 2 aromatic rings. The molecule has 3 rings (SSSR count). The van der Waals surface area contributed by atoms with Crippen LogP contribution >= 0.6 is 24.0 Å². The zero-order valence-electron chi connectivity index (χ0n) is 15.6. The van der Waals surface area contributed by atoms with Gasteiger partial charge in [-0.2, -0.15) is 0 Å². The number of benzene rings is 1. The Hall–Kier alpha value is -2.24. The first kappa shape index (κ1) is 22.1. The molecular weight excluding hydrogens is 479 g/mol. The molecule has 0 spiro atoms. The summed E-state index contributed by atoms with van der Waals surface area (Å²) in [4.78, 5) is 16.4. The van der Waals surface area contributed by atoms with Crippen molar-refractivity contribution in [1.29, 1.82) is 0 Å². The number of aliphatic imine (C=N–C) groups is 1. The molecule has 0 atom stereocenters. The molecule has 0 amide bonds. The number of hydrogen-bond acceptors (Lipinski definition) is 5. The zero-order chi connectivity index (χ0) is 19.1. The highest BCUT2D eigenvalue weighted by atomic mass is 127. The molecule has 0 bridgehead atoms. The molecule has 1 aliphatic heterocycles. The van der Waals surface area contributed by atoms with Crippen LogP contribution < -0.4 is 15.5 Å². The summed E-state index contributed by atoms with van der Waals surface area (Å²) in [5.74, 6) is 0.680. The highest BCUT2D eigenvalue weighted by molar-refractivity contribution is 14.0. The number of nitrogens with zero attached hydrogens (tertiary/aromatic N) is 5. The molecule has 0 saturated carbocycles. The van der Waals surface area contributed by atoms with Crippen LogP contribution in [-0.2, 0) is 0 Å². The van der Waals surface area contributed by atoms with E-state index in [1.807, 2.05) is 4.90 Å². The van der Waals surface area contributed by atoms with Crippen LogP contribution in [0, 0.1) is 11.6 Å². The van der Waals surface area contributed by atoms with Gasteiger partial charge in [-0.05, 0) is 12.1 Å². The Balaban J connectivity index is 0.00000280. The van der Waals surface area contributed by atoms with Crippen LogP contribution in [0.2, 0.25) is 0 Å². The van der Waals surface area contributed by atoms with Gasteiger partial charge in [-0.15, -0.1) is 24.0 Å². The topological polar surface area (TPSA) is 68.7 Å². The lowest BCUT2D eigenvalue weighted by Crippen LogP contribution is -2.53. The molecule has 28 heavy (non-hydrogen) atoms. The van der Waals surface area contributed by atoms with E-state index < -0.39 is 11.6 Å². The van der Waals surface area contributed by atoms with E-state index in [-0.39, 0.29) is 24.0 Å². The van der Waals surface area contributed by atoms with E-state index in [1.165, 1.54) is 12.1 Å². The molecule has 152 valence electrons. The SMILES string of the molecule is CN=C(NCCNc1cnccn1)N1CCN(c2cc(F)ccc2F)CC1.I. The molecule has 10 heteroatoms. The van der Waals surface area contributed by atoms with Crippen molar-refractivity contribution in [1.82, 2.24) is 20.2 Å². The largest absolute Gasteiger partial charge is 0.367 e. The fourth-order valence-corrected chi connectivity index (χ4v) is 2.97. The van der Waals surface area contributed by atoms with Crippen molar-refractivity contribution in [3.8, 4) is 0 Å². The Bertz CT molecular complexity index is 768. The molecule has 2 N–H and O–H groups in total. The summed E-state index contributed by atoms with van der Waals surface area (Å²) in [5.41, 5.74) is 0.311. The number of anilines is 2. The first-order valence-electron chi connectivity index (χ1n) is 8.83. The van der Waals surface area contributed by atoms with Gasteiger partial charge in [0.25, 0.3) is 0 Å². The van der Waals surface area contributed by atoms with E-state index in [9.17, 15) is 8.78 Å². The first-order chi connectivity index (χ1) is 13.2. The summed E-state index contributed by atoms with van der Waals surface area (Å²) in [6.07, 6.45) is 4.93. The maximum Gasteiger partial charge on any atom is 0.193 e. The lowest BCUT2D eigenvalue weighted by atomic mass is 10.2. The molecule has 1 fully saturated rings. The van der Waals surface area contributed by atoms with Crippen molar-refractivity contribution in [2.45, 2.75) is 0 Å². The van der Waals surface area contributed by atoms with E-state index in [1.54, 1.807) is 25.6 Å². The van der Waals surface area contributed by atoms with Gasteiger partial charge in [0, 0.05) is 64.8 Å². The Kier molecular flexibility index (Phi) is 8.61. The molecule has 0 radical (unpaired) electrons. The zero-order valence-corrected chi connectivity index (χ0v) is 17.9. The number of aromatic nitrogens is 2. The summed E-state index contributed by atoms with van der Waals surface area (Å²) < 4.78 is 27.4. The van der Waals surface area contributed by atoms with Gasteiger partial charge in [0.05, 0.1) is 11.9 Å². The normalized spacial score (nSPS) is 14.5. The van der Waals surface area contributed by atoms with Crippen molar-refractivity contribution in [2.75, 3.05) is 56.5 Å². The van der Waals surface area contributed by atoms with Gasteiger partial charge in [-0.25, -0.2) is 13.8 Å². The molecule has 0 unspecified atom stereocenters. The summed E-state index contributed by atoms with van der Waals surface area (Å²) in [6.45, 7) is 3.88. The third-order valence-electron chi connectivity index (χ3n) is 4.32. The van der Waals surface area contributed by atoms with Crippen molar-refractivity contribution in [3.05, 3.63) is 48.4 Å². The highest BCUT2D eigenvalue weighted by Crippen LogP contribution is 2.21. The van der Waals surface area contributed by atoms with Gasteiger partial charge < -0.3 is 20.4 Å². The highest BCUT2D eigenvalue weighted by Gasteiger charge is 2.21.